The van der Waals surface area contributed by atoms with Crippen LogP contribution in [-0.2, 0) is 0 Å². The molecule has 0 aliphatic carbocycles. The molecule has 0 aliphatic rings. The molecule has 0 radical (unpaired) electrons. The van der Waals surface area contributed by atoms with Crippen LogP contribution in [0.25, 0.3) is 0 Å². The van der Waals surface area contributed by atoms with Crippen molar-refractivity contribution < 1.29 is 0 Å². The van der Waals surface area contributed by atoms with Gasteiger partial charge in [-0.1, -0.05) is 35.9 Å². The first-order chi connectivity index (χ1) is 7.75. The number of nitrogens with zero attached hydrogens (tertiary/aromatic N) is 2. The number of rotatable bonds is 2. The molecule has 2 heteroatoms. The van der Waals surface area contributed by atoms with Gasteiger partial charge >= 0.3 is 0 Å². The SMILES string of the molecule is C/C(=N/c1ccccn1)c1ccc(C)cc1. The summed E-state index contributed by atoms with van der Waals surface area (Å²) < 4.78 is 0. The maximum Gasteiger partial charge on any atom is 0.152 e. The predicted molar refractivity (Wildman–Crippen MR) is 67.3 cm³/mol. The van der Waals surface area contributed by atoms with E-state index in [1.807, 2.05) is 25.1 Å². The summed E-state index contributed by atoms with van der Waals surface area (Å²) in [5.41, 5.74) is 3.38. The third-order valence-electron chi connectivity index (χ3n) is 2.40. The Labute approximate surface area is 95.7 Å². The van der Waals surface area contributed by atoms with Crippen LogP contribution in [0.2, 0.25) is 0 Å². The predicted octanol–water partition coefficient (Wildman–Crippen LogP) is 3.53. The minimum atomic E-state index is 0.751. The topological polar surface area (TPSA) is 25.2 Å². The molecule has 1 aromatic heterocycles. The Kier molecular flexibility index (Phi) is 3.10. The van der Waals surface area contributed by atoms with Crippen molar-refractivity contribution >= 4 is 11.5 Å². The minimum absolute atomic E-state index is 0.751. The Bertz CT molecular complexity index is 484. The molecule has 0 fully saturated rings. The largest absolute Gasteiger partial charge is 0.237 e. The van der Waals surface area contributed by atoms with E-state index in [0.29, 0.717) is 0 Å². The monoisotopic (exact) mass is 210 g/mol. The number of benzene rings is 1. The molecule has 0 saturated carbocycles. The van der Waals surface area contributed by atoms with Crippen LogP contribution >= 0.6 is 0 Å². The van der Waals surface area contributed by atoms with Gasteiger partial charge in [0.05, 0.1) is 0 Å². The summed E-state index contributed by atoms with van der Waals surface area (Å²) >= 11 is 0. The molecule has 1 heterocycles. The first-order valence-corrected chi connectivity index (χ1v) is 5.29. The van der Waals surface area contributed by atoms with E-state index in [-0.39, 0.29) is 0 Å². The smallest absolute Gasteiger partial charge is 0.152 e. The quantitative estimate of drug-likeness (QED) is 0.696. The van der Waals surface area contributed by atoms with Gasteiger partial charge in [0.25, 0.3) is 0 Å². The molecule has 2 nitrogen and oxygen atoms in total. The number of aromatic nitrogens is 1. The van der Waals surface area contributed by atoms with Crippen molar-refractivity contribution in [2.24, 2.45) is 4.99 Å². The summed E-state index contributed by atoms with van der Waals surface area (Å²) in [7, 11) is 0. The van der Waals surface area contributed by atoms with Crippen molar-refractivity contribution in [3.8, 4) is 0 Å². The second-order valence-electron chi connectivity index (χ2n) is 3.75. The second kappa shape index (κ2) is 4.71. The Morgan fingerprint density at radius 1 is 1.06 bits per heavy atom. The number of aliphatic imine (C=N–C) groups is 1. The van der Waals surface area contributed by atoms with Gasteiger partial charge in [-0.25, -0.2) is 9.98 Å². The number of hydrogen-bond donors (Lipinski definition) is 0. The summed E-state index contributed by atoms with van der Waals surface area (Å²) in [4.78, 5) is 8.64. The third-order valence-corrected chi connectivity index (χ3v) is 2.40. The van der Waals surface area contributed by atoms with Gasteiger partial charge in [-0.05, 0) is 31.5 Å². The summed E-state index contributed by atoms with van der Waals surface area (Å²) in [6, 6.07) is 14.1. The first-order valence-electron chi connectivity index (χ1n) is 5.29. The van der Waals surface area contributed by atoms with E-state index in [1.165, 1.54) is 5.56 Å². The van der Waals surface area contributed by atoms with Crippen molar-refractivity contribution in [2.75, 3.05) is 0 Å². The molecule has 2 rings (SSSR count). The first kappa shape index (κ1) is 10.6. The Hall–Kier alpha value is -1.96. The van der Waals surface area contributed by atoms with Crippen LogP contribution in [0.3, 0.4) is 0 Å². The highest BCUT2D eigenvalue weighted by molar-refractivity contribution is 6.00. The van der Waals surface area contributed by atoms with Crippen LogP contribution in [0.4, 0.5) is 5.82 Å². The van der Waals surface area contributed by atoms with Crippen molar-refractivity contribution in [2.45, 2.75) is 13.8 Å². The zero-order valence-electron chi connectivity index (χ0n) is 9.51. The zero-order chi connectivity index (χ0) is 11.4. The zero-order valence-corrected chi connectivity index (χ0v) is 9.51. The van der Waals surface area contributed by atoms with Gasteiger partial charge in [-0.15, -0.1) is 0 Å². The molecule has 0 N–H and O–H groups in total. The fourth-order valence-corrected chi connectivity index (χ4v) is 1.45. The van der Waals surface area contributed by atoms with Crippen LogP contribution in [0.15, 0.2) is 53.7 Å². The van der Waals surface area contributed by atoms with Gasteiger partial charge in [0.1, 0.15) is 0 Å². The van der Waals surface area contributed by atoms with E-state index in [9.17, 15) is 0 Å². The maximum absolute atomic E-state index is 4.46. The van der Waals surface area contributed by atoms with Crippen molar-refractivity contribution in [1.82, 2.24) is 4.98 Å². The lowest BCUT2D eigenvalue weighted by molar-refractivity contribution is 1.27. The molecular formula is C14H14N2. The molecule has 0 saturated heterocycles. The summed E-state index contributed by atoms with van der Waals surface area (Å²) in [5.74, 6) is 0.751. The lowest BCUT2D eigenvalue weighted by Gasteiger charge is -2.01. The highest BCUT2D eigenvalue weighted by atomic mass is 14.9. The van der Waals surface area contributed by atoms with Crippen LogP contribution in [0, 0.1) is 6.92 Å². The van der Waals surface area contributed by atoms with Crippen molar-refractivity contribution in [3.63, 3.8) is 0 Å². The molecule has 0 bridgehead atoms. The van der Waals surface area contributed by atoms with E-state index < -0.39 is 0 Å². The average Bonchev–Trinajstić information content (AvgIpc) is 2.31. The molecule has 0 spiro atoms. The average molecular weight is 210 g/mol. The van der Waals surface area contributed by atoms with E-state index in [2.05, 4.69) is 41.2 Å². The number of hydrogen-bond acceptors (Lipinski definition) is 2. The lowest BCUT2D eigenvalue weighted by Crippen LogP contribution is -1.93. The highest BCUT2D eigenvalue weighted by Crippen LogP contribution is 2.10. The van der Waals surface area contributed by atoms with E-state index >= 15 is 0 Å². The van der Waals surface area contributed by atoms with Crippen LogP contribution < -0.4 is 0 Å². The third kappa shape index (κ3) is 2.54. The fourth-order valence-electron chi connectivity index (χ4n) is 1.45. The van der Waals surface area contributed by atoms with Crippen LogP contribution in [-0.4, -0.2) is 10.7 Å². The second-order valence-corrected chi connectivity index (χ2v) is 3.75. The van der Waals surface area contributed by atoms with Gasteiger partial charge in [-0.3, -0.25) is 0 Å². The van der Waals surface area contributed by atoms with Crippen molar-refractivity contribution in [3.05, 3.63) is 59.8 Å². The highest BCUT2D eigenvalue weighted by Gasteiger charge is 1.97. The molecule has 0 unspecified atom stereocenters. The molecule has 0 aliphatic heterocycles. The molecule has 16 heavy (non-hydrogen) atoms. The van der Waals surface area contributed by atoms with Gasteiger partial charge < -0.3 is 0 Å². The van der Waals surface area contributed by atoms with Gasteiger partial charge in [0.15, 0.2) is 5.82 Å². The molecule has 1 aromatic carbocycles. The fraction of sp³-hybridized carbons (Fsp3) is 0.143. The molecule has 80 valence electrons. The Morgan fingerprint density at radius 3 is 2.44 bits per heavy atom. The molecule has 2 aromatic rings. The van der Waals surface area contributed by atoms with Crippen molar-refractivity contribution in [1.29, 1.82) is 0 Å². The number of pyridine rings is 1. The van der Waals surface area contributed by atoms with Gasteiger partial charge in [-0.2, -0.15) is 0 Å². The lowest BCUT2D eigenvalue weighted by atomic mass is 10.1. The van der Waals surface area contributed by atoms with Gasteiger partial charge in [0, 0.05) is 11.9 Å². The summed E-state index contributed by atoms with van der Waals surface area (Å²) in [6.07, 6.45) is 1.75. The molecular weight excluding hydrogens is 196 g/mol. The van der Waals surface area contributed by atoms with E-state index in [1.54, 1.807) is 6.20 Å². The summed E-state index contributed by atoms with van der Waals surface area (Å²) in [6.45, 7) is 4.08. The Morgan fingerprint density at radius 2 is 1.81 bits per heavy atom. The standard InChI is InChI=1S/C14H14N2/c1-11-6-8-13(9-7-11)12(2)16-14-5-3-4-10-15-14/h3-10H,1-2H3/b16-12-. The Balaban J connectivity index is 2.28. The van der Waals surface area contributed by atoms with E-state index in [0.717, 1.165) is 17.1 Å². The minimum Gasteiger partial charge on any atom is -0.237 e. The molecule has 0 atom stereocenters. The van der Waals surface area contributed by atoms with Crippen LogP contribution in [0.1, 0.15) is 18.1 Å². The van der Waals surface area contributed by atoms with Gasteiger partial charge in [0.2, 0.25) is 0 Å². The normalized spacial score (nSPS) is 11.5. The molecule has 0 amide bonds. The van der Waals surface area contributed by atoms with Crippen LogP contribution in [0.5, 0.6) is 0 Å². The summed E-state index contributed by atoms with van der Waals surface area (Å²) in [5, 5.41) is 0. The number of aryl methyl sites for hydroxylation is 1. The van der Waals surface area contributed by atoms with E-state index in [4.69, 9.17) is 0 Å². The maximum atomic E-state index is 4.46.